The van der Waals surface area contributed by atoms with Gasteiger partial charge in [-0.15, -0.1) is 0 Å². The molecule has 0 saturated carbocycles. The Bertz CT molecular complexity index is 673. The summed E-state index contributed by atoms with van der Waals surface area (Å²) in [5.74, 6) is -0.997. The minimum Gasteiger partial charge on any atom is -0.780 e. The molecule has 154 valence electrons. The largest absolute Gasteiger partial charge is 0.780 e. The van der Waals surface area contributed by atoms with Crippen molar-refractivity contribution in [1.29, 1.82) is 0 Å². The molecule has 0 aliphatic carbocycles. The molecule has 0 spiro atoms. The molecule has 5 unspecified atom stereocenters. The van der Waals surface area contributed by atoms with Crippen LogP contribution < -0.4 is 4.89 Å². The second-order valence-corrected chi connectivity index (χ2v) is 10.6. The Balaban J connectivity index is 2.05. The van der Waals surface area contributed by atoms with Gasteiger partial charge in [-0.05, 0) is 0 Å². The number of hydrogen-bond acceptors (Lipinski definition) is 13. The van der Waals surface area contributed by atoms with Crippen LogP contribution in [0.3, 0.4) is 0 Å². The van der Waals surface area contributed by atoms with Gasteiger partial charge in [-0.25, -0.2) is 0 Å². The molecule has 2 aliphatic rings. The van der Waals surface area contributed by atoms with Crippen molar-refractivity contribution in [2.75, 3.05) is 13.2 Å². The SMILES string of the molecule is [B][C@@H]1OC(COP([O-])(=S)OC2C(O)[C@@H](CO)O[C@H]2O)=C(OP(=O)(O)[S-])C1O. The molecule has 27 heavy (non-hydrogen) atoms. The molecule has 17 heteroatoms. The Labute approximate surface area is 165 Å². The van der Waals surface area contributed by atoms with E-state index in [0.717, 1.165) is 0 Å². The molecule has 2 aliphatic heterocycles. The fourth-order valence-corrected chi connectivity index (χ4v) is 4.25. The summed E-state index contributed by atoms with van der Waals surface area (Å²) in [4.78, 5) is 21.4. The van der Waals surface area contributed by atoms with Gasteiger partial charge in [0.2, 0.25) is 6.80 Å². The van der Waals surface area contributed by atoms with Gasteiger partial charge in [0.05, 0.1) is 12.6 Å². The van der Waals surface area contributed by atoms with Crippen LogP contribution in [0.2, 0.25) is 0 Å². The van der Waals surface area contributed by atoms with Crippen molar-refractivity contribution >= 4 is 45.4 Å². The molecule has 2 rings (SSSR count). The third-order valence-corrected chi connectivity index (χ3v) is 5.62. The van der Waals surface area contributed by atoms with Gasteiger partial charge in [0.15, 0.2) is 17.8 Å². The lowest BCUT2D eigenvalue weighted by molar-refractivity contribution is -0.220. The molecule has 8 atom stereocenters. The highest BCUT2D eigenvalue weighted by Gasteiger charge is 2.45. The smallest absolute Gasteiger partial charge is 0.246 e. The Kier molecular flexibility index (Phi) is 7.82. The Morgan fingerprint density at radius 3 is 2.52 bits per heavy atom. The van der Waals surface area contributed by atoms with Gasteiger partial charge in [-0.3, -0.25) is 4.57 Å². The predicted octanol–water partition coefficient (Wildman–Crippen LogP) is -3.20. The van der Waals surface area contributed by atoms with Crippen molar-refractivity contribution in [3.63, 3.8) is 0 Å². The standard InChI is InChI=1S/C10H17BO12P2S2/c11-9-6(14)7(22-24(16,17)26)4(20-9)2-19-25(18,27)23-8-5(13)3(1-12)21-10(8)15/h3,5-6,8-10,12-15H,1-2H2,(H,18,27)(H2,16,17,26)/p-2/t3-,5?,6?,8?,9-,10-,25?/m1/s1. The molecule has 12 nitrogen and oxygen atoms in total. The van der Waals surface area contributed by atoms with Crippen LogP contribution in [0.15, 0.2) is 11.5 Å². The summed E-state index contributed by atoms with van der Waals surface area (Å²) < 4.78 is 35.2. The van der Waals surface area contributed by atoms with Crippen LogP contribution in [0.1, 0.15) is 0 Å². The van der Waals surface area contributed by atoms with Crippen LogP contribution in [-0.4, -0.2) is 83.1 Å². The summed E-state index contributed by atoms with van der Waals surface area (Å²) in [6.07, 6.45) is -7.66. The molecule has 0 aromatic carbocycles. The monoisotopic (exact) mass is 464 g/mol. The lowest BCUT2D eigenvalue weighted by Gasteiger charge is -2.32. The fourth-order valence-electron chi connectivity index (χ4n) is 2.24. The van der Waals surface area contributed by atoms with Crippen molar-refractivity contribution < 1.29 is 57.8 Å². The van der Waals surface area contributed by atoms with Crippen molar-refractivity contribution in [3.05, 3.63) is 11.5 Å². The molecule has 1 saturated heterocycles. The zero-order chi connectivity index (χ0) is 20.6. The maximum atomic E-state index is 12.3. The van der Waals surface area contributed by atoms with Crippen molar-refractivity contribution in [2.24, 2.45) is 0 Å². The van der Waals surface area contributed by atoms with Gasteiger partial charge in [-0.1, -0.05) is 11.8 Å². The Hall–Kier alpha value is 0.275. The lowest BCUT2D eigenvalue weighted by atomic mass is 9.95. The first kappa shape index (κ1) is 23.6. The summed E-state index contributed by atoms with van der Waals surface area (Å²) in [5, 5.41) is 38.2. The first-order chi connectivity index (χ1) is 12.3. The van der Waals surface area contributed by atoms with Crippen LogP contribution in [0.4, 0.5) is 0 Å². The normalized spacial score (nSPS) is 38.3. The van der Waals surface area contributed by atoms with Gasteiger partial charge in [-0.2, -0.15) is 0 Å². The summed E-state index contributed by atoms with van der Waals surface area (Å²) in [6.45, 7) is -10.3. The summed E-state index contributed by atoms with van der Waals surface area (Å²) in [7, 11) is 5.43. The maximum Gasteiger partial charge on any atom is 0.246 e. The van der Waals surface area contributed by atoms with Crippen molar-refractivity contribution in [3.8, 4) is 0 Å². The minimum atomic E-state index is -4.49. The average Bonchev–Trinajstić information content (AvgIpc) is 2.96. The zero-order valence-corrected chi connectivity index (χ0v) is 16.7. The van der Waals surface area contributed by atoms with Gasteiger partial charge in [0.1, 0.15) is 45.6 Å². The molecular formula is C10H15BO12P2S2-2. The third kappa shape index (κ3) is 6.13. The topological polar surface area (TPSA) is 187 Å². The molecule has 5 N–H and O–H groups in total. The second-order valence-electron chi connectivity index (χ2n) is 5.40. The fraction of sp³-hybridized carbons (Fsp3) is 0.800. The van der Waals surface area contributed by atoms with E-state index in [1.54, 1.807) is 0 Å². The molecule has 2 radical (unpaired) electrons. The highest BCUT2D eigenvalue weighted by molar-refractivity contribution is 8.32. The lowest BCUT2D eigenvalue weighted by Crippen LogP contribution is -2.36. The van der Waals surface area contributed by atoms with Crippen LogP contribution in [0.25, 0.3) is 0 Å². The van der Waals surface area contributed by atoms with E-state index < -0.39 is 75.0 Å². The number of rotatable bonds is 8. The first-order valence-electron chi connectivity index (χ1n) is 7.18. The van der Waals surface area contributed by atoms with Crippen LogP contribution in [-0.2, 0) is 51.7 Å². The summed E-state index contributed by atoms with van der Waals surface area (Å²) in [5.41, 5.74) is 0. The molecule has 2 heterocycles. The number of hydrogen-bond donors (Lipinski definition) is 5. The Morgan fingerprint density at radius 1 is 1.37 bits per heavy atom. The molecule has 0 amide bonds. The first-order valence-corrected chi connectivity index (χ1v) is 12.3. The summed E-state index contributed by atoms with van der Waals surface area (Å²) in [6, 6.07) is -1.37. The van der Waals surface area contributed by atoms with Gasteiger partial charge in [0, 0.05) is 0 Å². The van der Waals surface area contributed by atoms with Gasteiger partial charge < -0.3 is 65.5 Å². The van der Waals surface area contributed by atoms with E-state index in [4.69, 9.17) is 36.4 Å². The molecule has 0 aromatic heterocycles. The van der Waals surface area contributed by atoms with Gasteiger partial charge >= 0.3 is 0 Å². The van der Waals surface area contributed by atoms with Crippen LogP contribution >= 0.6 is 13.5 Å². The van der Waals surface area contributed by atoms with Gasteiger partial charge in [0.25, 0.3) is 0 Å². The number of aliphatic hydroxyl groups excluding tert-OH is 4. The van der Waals surface area contributed by atoms with Crippen molar-refractivity contribution in [1.82, 2.24) is 0 Å². The summed E-state index contributed by atoms with van der Waals surface area (Å²) >= 11 is 8.82. The molecule has 1 fully saturated rings. The average molecular weight is 464 g/mol. The second kappa shape index (κ2) is 8.96. The van der Waals surface area contributed by atoms with E-state index in [-0.39, 0.29) is 0 Å². The van der Waals surface area contributed by atoms with E-state index in [2.05, 4.69) is 28.6 Å². The number of ether oxygens (including phenoxy) is 2. The minimum absolute atomic E-state index is 0.403. The zero-order valence-electron chi connectivity index (χ0n) is 13.3. The predicted molar refractivity (Wildman–Crippen MR) is 91.0 cm³/mol. The van der Waals surface area contributed by atoms with E-state index in [9.17, 15) is 24.8 Å². The number of aliphatic hydroxyl groups is 4. The van der Waals surface area contributed by atoms with Crippen LogP contribution in [0.5, 0.6) is 0 Å². The third-order valence-electron chi connectivity index (χ3n) is 3.44. The van der Waals surface area contributed by atoms with E-state index >= 15 is 0 Å². The molecule has 0 bridgehead atoms. The van der Waals surface area contributed by atoms with E-state index in [1.165, 1.54) is 0 Å². The quantitative estimate of drug-likeness (QED) is 0.137. The Morgan fingerprint density at radius 2 is 2.00 bits per heavy atom. The van der Waals surface area contributed by atoms with Crippen molar-refractivity contribution in [2.45, 2.75) is 36.7 Å². The highest BCUT2D eigenvalue weighted by atomic mass is 32.7. The molecular weight excluding hydrogens is 449 g/mol. The van der Waals surface area contributed by atoms with E-state index in [0.29, 0.717) is 0 Å². The maximum absolute atomic E-state index is 12.3. The van der Waals surface area contributed by atoms with Crippen LogP contribution in [0, 0.1) is 0 Å². The van der Waals surface area contributed by atoms with E-state index in [1.807, 2.05) is 0 Å². The highest BCUT2D eigenvalue weighted by Crippen LogP contribution is 2.47. The molecule has 0 aromatic rings.